The summed E-state index contributed by atoms with van der Waals surface area (Å²) in [5.74, 6) is 0. The first kappa shape index (κ1) is 13.8. The summed E-state index contributed by atoms with van der Waals surface area (Å²) >= 11 is 0.850. The number of rotatable bonds is 2. The quantitative estimate of drug-likeness (QED) is 0.895. The van der Waals surface area contributed by atoms with Gasteiger partial charge in [0.15, 0.2) is 0 Å². The smallest absolute Gasteiger partial charge is 0.314 e. The van der Waals surface area contributed by atoms with E-state index in [1.165, 1.54) is 6.07 Å². The fourth-order valence-corrected chi connectivity index (χ4v) is 3.16. The van der Waals surface area contributed by atoms with Crippen LogP contribution in [0, 0.1) is 0 Å². The molecule has 0 spiro atoms. The van der Waals surface area contributed by atoms with Crippen molar-refractivity contribution >= 4 is 11.3 Å². The molecule has 2 nitrogen and oxygen atoms in total. The maximum atomic E-state index is 12.5. The Balaban J connectivity index is 2.06. The van der Waals surface area contributed by atoms with Crippen molar-refractivity contribution in [3.63, 3.8) is 0 Å². The molecule has 0 bridgehead atoms. The van der Waals surface area contributed by atoms with Crippen molar-refractivity contribution in [3.05, 3.63) is 21.9 Å². The standard InChI is InChI=1S/C12H17F3N2S/c1-8-5-16-6-9(2)17(8)7-10-3-4-11(18-10)12(13,14)15/h3-4,8-9,16H,5-7H2,1-2H3/t8-,9+. The van der Waals surface area contributed by atoms with Gasteiger partial charge in [-0.15, -0.1) is 11.3 Å². The molecule has 0 aliphatic carbocycles. The van der Waals surface area contributed by atoms with E-state index in [0.717, 1.165) is 29.3 Å². The van der Waals surface area contributed by atoms with E-state index in [9.17, 15) is 13.2 Å². The van der Waals surface area contributed by atoms with Gasteiger partial charge < -0.3 is 5.32 Å². The highest BCUT2D eigenvalue weighted by atomic mass is 32.1. The molecular weight excluding hydrogens is 261 g/mol. The van der Waals surface area contributed by atoms with Crippen molar-refractivity contribution in [2.24, 2.45) is 0 Å². The Morgan fingerprint density at radius 2 is 1.89 bits per heavy atom. The monoisotopic (exact) mass is 278 g/mol. The average molecular weight is 278 g/mol. The predicted molar refractivity (Wildman–Crippen MR) is 66.7 cm³/mol. The van der Waals surface area contributed by atoms with Gasteiger partial charge in [-0.05, 0) is 26.0 Å². The van der Waals surface area contributed by atoms with Gasteiger partial charge >= 0.3 is 6.18 Å². The van der Waals surface area contributed by atoms with Gasteiger partial charge in [-0.1, -0.05) is 0 Å². The molecule has 0 aromatic carbocycles. The highest BCUT2D eigenvalue weighted by Crippen LogP contribution is 2.35. The fraction of sp³-hybridized carbons (Fsp3) is 0.667. The molecule has 2 heterocycles. The Morgan fingerprint density at radius 3 is 2.39 bits per heavy atom. The first-order valence-electron chi connectivity index (χ1n) is 6.00. The van der Waals surface area contributed by atoms with Gasteiger partial charge in [0.05, 0.1) is 0 Å². The highest BCUT2D eigenvalue weighted by Gasteiger charge is 2.33. The Labute approximate surface area is 109 Å². The Hall–Kier alpha value is -0.590. The minimum Gasteiger partial charge on any atom is -0.314 e. The van der Waals surface area contributed by atoms with E-state index >= 15 is 0 Å². The number of halogens is 3. The van der Waals surface area contributed by atoms with Crippen molar-refractivity contribution in [2.45, 2.75) is 38.7 Å². The second-order valence-electron chi connectivity index (χ2n) is 4.79. The summed E-state index contributed by atoms with van der Waals surface area (Å²) < 4.78 is 37.6. The van der Waals surface area contributed by atoms with Gasteiger partial charge in [-0.3, -0.25) is 4.90 Å². The number of hydrogen-bond donors (Lipinski definition) is 1. The van der Waals surface area contributed by atoms with Gasteiger partial charge in [0.1, 0.15) is 4.88 Å². The van der Waals surface area contributed by atoms with Gasteiger partial charge in [-0.2, -0.15) is 13.2 Å². The highest BCUT2D eigenvalue weighted by molar-refractivity contribution is 7.12. The topological polar surface area (TPSA) is 15.3 Å². The predicted octanol–water partition coefficient (Wildman–Crippen LogP) is 2.95. The molecule has 2 rings (SSSR count). The minimum absolute atomic E-state index is 0.352. The second-order valence-corrected chi connectivity index (χ2v) is 5.96. The zero-order valence-electron chi connectivity index (χ0n) is 10.4. The number of piperazine rings is 1. The van der Waals surface area contributed by atoms with Crippen LogP contribution in [0.15, 0.2) is 12.1 Å². The van der Waals surface area contributed by atoms with E-state index in [0.29, 0.717) is 18.6 Å². The second kappa shape index (κ2) is 5.19. The lowest BCUT2D eigenvalue weighted by atomic mass is 10.1. The van der Waals surface area contributed by atoms with Crippen LogP contribution in [0.2, 0.25) is 0 Å². The molecule has 1 aromatic heterocycles. The van der Waals surface area contributed by atoms with Crippen molar-refractivity contribution in [1.82, 2.24) is 10.2 Å². The molecule has 102 valence electrons. The van der Waals surface area contributed by atoms with Crippen molar-refractivity contribution < 1.29 is 13.2 Å². The van der Waals surface area contributed by atoms with E-state index in [2.05, 4.69) is 24.1 Å². The molecule has 0 amide bonds. The zero-order chi connectivity index (χ0) is 13.3. The molecule has 1 aliphatic rings. The van der Waals surface area contributed by atoms with Crippen LogP contribution in [-0.2, 0) is 12.7 Å². The summed E-state index contributed by atoms with van der Waals surface area (Å²) in [7, 11) is 0. The summed E-state index contributed by atoms with van der Waals surface area (Å²) in [4.78, 5) is 2.53. The molecular formula is C12H17F3N2S. The Kier molecular flexibility index (Phi) is 3.99. The van der Waals surface area contributed by atoms with E-state index < -0.39 is 11.1 Å². The number of alkyl halides is 3. The third kappa shape index (κ3) is 3.05. The van der Waals surface area contributed by atoms with Crippen LogP contribution >= 0.6 is 11.3 Å². The number of nitrogens with one attached hydrogen (secondary N) is 1. The maximum Gasteiger partial charge on any atom is 0.425 e. The molecule has 0 radical (unpaired) electrons. The molecule has 18 heavy (non-hydrogen) atoms. The Bertz CT molecular complexity index is 392. The largest absolute Gasteiger partial charge is 0.425 e. The molecule has 1 aliphatic heterocycles. The first-order valence-corrected chi connectivity index (χ1v) is 6.82. The SMILES string of the molecule is C[C@@H]1CNC[C@H](C)N1Cc1ccc(C(F)(F)F)s1. The van der Waals surface area contributed by atoms with E-state index in [-0.39, 0.29) is 0 Å². The molecule has 0 saturated carbocycles. The molecule has 0 unspecified atom stereocenters. The van der Waals surface area contributed by atoms with Crippen LogP contribution < -0.4 is 5.32 Å². The number of nitrogens with zero attached hydrogens (tertiary/aromatic N) is 1. The summed E-state index contributed by atoms with van der Waals surface area (Å²) in [5.41, 5.74) is 0. The molecule has 6 heteroatoms. The molecule has 1 saturated heterocycles. The van der Waals surface area contributed by atoms with Crippen molar-refractivity contribution in [2.75, 3.05) is 13.1 Å². The van der Waals surface area contributed by atoms with E-state index in [4.69, 9.17) is 0 Å². The third-order valence-electron chi connectivity index (χ3n) is 3.29. The van der Waals surface area contributed by atoms with Gasteiger partial charge in [-0.25, -0.2) is 0 Å². The van der Waals surface area contributed by atoms with Gasteiger partial charge in [0.25, 0.3) is 0 Å². The summed E-state index contributed by atoms with van der Waals surface area (Å²) in [6.45, 7) is 6.58. The summed E-state index contributed by atoms with van der Waals surface area (Å²) in [6.07, 6.45) is -4.22. The number of thiophene rings is 1. The maximum absolute atomic E-state index is 12.5. The lowest BCUT2D eigenvalue weighted by Crippen LogP contribution is -2.54. The zero-order valence-corrected chi connectivity index (χ0v) is 11.2. The third-order valence-corrected chi connectivity index (χ3v) is 4.41. The molecule has 1 fully saturated rings. The van der Waals surface area contributed by atoms with Crippen LogP contribution in [0.1, 0.15) is 23.6 Å². The minimum atomic E-state index is -4.22. The van der Waals surface area contributed by atoms with Gasteiger partial charge in [0.2, 0.25) is 0 Å². The summed E-state index contributed by atoms with van der Waals surface area (Å²) in [6, 6.07) is 3.47. The molecule has 2 atom stereocenters. The Morgan fingerprint density at radius 1 is 1.28 bits per heavy atom. The fourth-order valence-electron chi connectivity index (χ4n) is 2.28. The lowest BCUT2D eigenvalue weighted by Gasteiger charge is -2.39. The van der Waals surface area contributed by atoms with E-state index in [1.807, 2.05) is 0 Å². The normalized spacial score (nSPS) is 26.5. The lowest BCUT2D eigenvalue weighted by molar-refractivity contribution is -0.134. The van der Waals surface area contributed by atoms with Crippen molar-refractivity contribution in [3.8, 4) is 0 Å². The molecule has 1 N–H and O–H groups in total. The van der Waals surface area contributed by atoms with Gasteiger partial charge in [0, 0.05) is 36.6 Å². The van der Waals surface area contributed by atoms with Crippen LogP contribution in [0.3, 0.4) is 0 Å². The van der Waals surface area contributed by atoms with Crippen LogP contribution in [0.5, 0.6) is 0 Å². The van der Waals surface area contributed by atoms with Crippen LogP contribution in [0.4, 0.5) is 13.2 Å². The van der Waals surface area contributed by atoms with Crippen LogP contribution in [0.25, 0.3) is 0 Å². The number of hydrogen-bond acceptors (Lipinski definition) is 3. The average Bonchev–Trinajstić information content (AvgIpc) is 2.72. The van der Waals surface area contributed by atoms with E-state index in [1.54, 1.807) is 6.07 Å². The molecule has 1 aromatic rings. The first-order chi connectivity index (χ1) is 8.38. The van der Waals surface area contributed by atoms with Crippen LogP contribution in [-0.4, -0.2) is 30.1 Å². The summed E-state index contributed by atoms with van der Waals surface area (Å²) in [5, 5.41) is 3.31. The van der Waals surface area contributed by atoms with Crippen molar-refractivity contribution in [1.29, 1.82) is 0 Å².